The van der Waals surface area contributed by atoms with Gasteiger partial charge in [0.05, 0.1) is 42.8 Å². The lowest BCUT2D eigenvalue weighted by atomic mass is 9.81. The van der Waals surface area contributed by atoms with Crippen molar-refractivity contribution in [3.05, 3.63) is 65.0 Å². The number of methoxy groups -OCH3 is 1. The fraction of sp³-hybridized carbons (Fsp3) is 0.464. The minimum atomic E-state index is -0.736. The van der Waals surface area contributed by atoms with Gasteiger partial charge in [0.2, 0.25) is 0 Å². The minimum Gasteiger partial charge on any atom is -0.481 e. The molecule has 0 radical (unpaired) electrons. The molecule has 0 bridgehead atoms. The van der Waals surface area contributed by atoms with Crippen LogP contribution in [0.5, 0.6) is 0 Å². The SMILES string of the molecule is COC(=O)N1CCc2ccc3c(nc(C4CCC(C(=O)O)CC4)n3[C@H](C)[C@H](O)c3ccccc3)c2C1. The van der Waals surface area contributed by atoms with Crippen molar-refractivity contribution in [2.24, 2.45) is 5.92 Å². The minimum absolute atomic E-state index is 0.106. The van der Waals surface area contributed by atoms with Gasteiger partial charge in [0, 0.05) is 18.0 Å². The number of aliphatic hydroxyl groups is 1. The number of aromatic nitrogens is 2. The summed E-state index contributed by atoms with van der Waals surface area (Å²) >= 11 is 0. The third kappa shape index (κ3) is 4.34. The van der Waals surface area contributed by atoms with Crippen molar-refractivity contribution in [3.63, 3.8) is 0 Å². The standard InChI is InChI=1S/C28H33N3O5/c1-17(25(32)19-6-4-3-5-7-19)31-23-13-12-18-14-15-30(28(35)36-2)16-22(18)24(23)29-26(31)20-8-10-21(11-9-20)27(33)34/h3-7,12-13,17,20-21,25,32H,8-11,14-16H2,1-2H3,(H,33,34)/t17-,20?,21?,25+/m1/s1. The average Bonchev–Trinajstić information content (AvgIpc) is 3.32. The van der Waals surface area contributed by atoms with Crippen molar-refractivity contribution >= 4 is 23.1 Å². The highest BCUT2D eigenvalue weighted by atomic mass is 16.5. The zero-order valence-corrected chi connectivity index (χ0v) is 20.8. The van der Waals surface area contributed by atoms with E-state index in [9.17, 15) is 19.8 Å². The van der Waals surface area contributed by atoms with Crippen LogP contribution in [0.15, 0.2) is 42.5 Å². The summed E-state index contributed by atoms with van der Waals surface area (Å²) in [4.78, 5) is 30.7. The molecule has 0 saturated heterocycles. The number of hydrogen-bond donors (Lipinski definition) is 2. The molecule has 190 valence electrons. The molecular weight excluding hydrogens is 458 g/mol. The Morgan fingerprint density at radius 2 is 1.81 bits per heavy atom. The molecule has 2 N–H and O–H groups in total. The molecule has 5 rings (SSSR count). The fourth-order valence-electron chi connectivity index (χ4n) is 5.88. The fourth-order valence-corrected chi connectivity index (χ4v) is 5.88. The van der Waals surface area contributed by atoms with Crippen LogP contribution in [-0.2, 0) is 22.5 Å². The second-order valence-electron chi connectivity index (χ2n) is 10.0. The van der Waals surface area contributed by atoms with Gasteiger partial charge in [0.1, 0.15) is 5.82 Å². The van der Waals surface area contributed by atoms with E-state index in [0.29, 0.717) is 25.9 Å². The molecule has 8 nitrogen and oxygen atoms in total. The van der Waals surface area contributed by atoms with E-state index in [1.165, 1.54) is 12.7 Å². The van der Waals surface area contributed by atoms with Crippen molar-refractivity contribution < 1.29 is 24.5 Å². The summed E-state index contributed by atoms with van der Waals surface area (Å²) in [5, 5.41) is 20.8. The Morgan fingerprint density at radius 3 is 2.47 bits per heavy atom. The molecule has 36 heavy (non-hydrogen) atoms. The molecule has 3 aromatic rings. The summed E-state index contributed by atoms with van der Waals surface area (Å²) < 4.78 is 7.12. The molecule has 0 spiro atoms. The van der Waals surface area contributed by atoms with E-state index in [-0.39, 0.29) is 24.0 Å². The molecule has 2 atom stereocenters. The van der Waals surface area contributed by atoms with Crippen molar-refractivity contribution in [2.75, 3.05) is 13.7 Å². The lowest BCUT2D eigenvalue weighted by Crippen LogP contribution is -2.35. The Bertz CT molecular complexity index is 1260. The van der Waals surface area contributed by atoms with Crippen LogP contribution >= 0.6 is 0 Å². The molecule has 1 saturated carbocycles. The number of hydrogen-bond acceptors (Lipinski definition) is 5. The zero-order valence-electron chi connectivity index (χ0n) is 20.8. The van der Waals surface area contributed by atoms with Crippen LogP contribution in [0.2, 0.25) is 0 Å². The van der Waals surface area contributed by atoms with Gasteiger partial charge < -0.3 is 24.4 Å². The molecule has 2 aromatic carbocycles. The number of carbonyl (C=O) groups is 2. The number of imidazole rings is 1. The first-order valence-corrected chi connectivity index (χ1v) is 12.7. The predicted molar refractivity (Wildman–Crippen MR) is 135 cm³/mol. The Labute approximate surface area is 210 Å². The molecule has 1 aliphatic carbocycles. The molecule has 1 aromatic heterocycles. The molecule has 2 heterocycles. The molecular formula is C28H33N3O5. The summed E-state index contributed by atoms with van der Waals surface area (Å²) in [7, 11) is 1.39. The number of aliphatic hydroxyl groups excluding tert-OH is 1. The van der Waals surface area contributed by atoms with Crippen molar-refractivity contribution in [2.45, 2.75) is 63.6 Å². The molecule has 0 unspecified atom stereocenters. The van der Waals surface area contributed by atoms with Gasteiger partial charge in [0.25, 0.3) is 0 Å². The van der Waals surface area contributed by atoms with Crippen molar-refractivity contribution in [1.29, 1.82) is 0 Å². The smallest absolute Gasteiger partial charge is 0.409 e. The third-order valence-corrected chi connectivity index (χ3v) is 7.97. The van der Waals surface area contributed by atoms with E-state index >= 15 is 0 Å². The highest BCUT2D eigenvalue weighted by Crippen LogP contribution is 2.41. The lowest BCUT2D eigenvalue weighted by molar-refractivity contribution is -0.142. The maximum atomic E-state index is 12.3. The van der Waals surface area contributed by atoms with Gasteiger partial charge in [-0.1, -0.05) is 36.4 Å². The summed E-state index contributed by atoms with van der Waals surface area (Å²) in [6.45, 7) is 3.03. The van der Waals surface area contributed by atoms with Crippen LogP contribution in [-0.4, -0.2) is 50.4 Å². The largest absolute Gasteiger partial charge is 0.481 e. The number of fused-ring (bicyclic) bond motifs is 3. The second-order valence-corrected chi connectivity index (χ2v) is 10.0. The number of nitrogens with zero attached hydrogens (tertiary/aromatic N) is 3. The third-order valence-electron chi connectivity index (χ3n) is 7.97. The van der Waals surface area contributed by atoms with Crippen LogP contribution in [0.25, 0.3) is 11.0 Å². The highest BCUT2D eigenvalue weighted by molar-refractivity contribution is 5.82. The van der Waals surface area contributed by atoms with Crippen LogP contribution < -0.4 is 0 Å². The summed E-state index contributed by atoms with van der Waals surface area (Å²) in [5.41, 5.74) is 4.80. The monoisotopic (exact) mass is 491 g/mol. The van der Waals surface area contributed by atoms with E-state index in [2.05, 4.69) is 16.7 Å². The maximum Gasteiger partial charge on any atom is 0.409 e. The molecule has 1 aliphatic heterocycles. The Hall–Kier alpha value is -3.39. The van der Waals surface area contributed by atoms with Gasteiger partial charge in [-0.05, 0) is 56.2 Å². The predicted octanol–water partition coefficient (Wildman–Crippen LogP) is 4.81. The first kappa shape index (κ1) is 24.3. The Morgan fingerprint density at radius 1 is 1.08 bits per heavy atom. The summed E-state index contributed by atoms with van der Waals surface area (Å²) in [6.07, 6.45) is 2.36. The van der Waals surface area contributed by atoms with Gasteiger partial charge in [-0.3, -0.25) is 4.79 Å². The number of benzene rings is 2. The Balaban J connectivity index is 1.60. The first-order chi connectivity index (χ1) is 17.4. The van der Waals surface area contributed by atoms with Gasteiger partial charge in [-0.15, -0.1) is 0 Å². The number of carboxylic acids is 1. The van der Waals surface area contributed by atoms with Gasteiger partial charge >= 0.3 is 12.1 Å². The van der Waals surface area contributed by atoms with Crippen molar-refractivity contribution in [3.8, 4) is 0 Å². The van der Waals surface area contributed by atoms with E-state index in [1.807, 2.05) is 37.3 Å². The second kappa shape index (κ2) is 9.93. The number of rotatable bonds is 5. The number of carbonyl (C=O) groups excluding carboxylic acids is 1. The maximum absolute atomic E-state index is 12.3. The zero-order chi connectivity index (χ0) is 25.4. The van der Waals surface area contributed by atoms with Crippen LogP contribution in [0, 0.1) is 5.92 Å². The van der Waals surface area contributed by atoms with E-state index in [0.717, 1.165) is 47.2 Å². The van der Waals surface area contributed by atoms with Gasteiger partial charge in [0.15, 0.2) is 0 Å². The van der Waals surface area contributed by atoms with E-state index < -0.39 is 12.1 Å². The highest BCUT2D eigenvalue weighted by Gasteiger charge is 2.34. The topological polar surface area (TPSA) is 105 Å². The summed E-state index contributed by atoms with van der Waals surface area (Å²) in [6, 6.07) is 13.5. The van der Waals surface area contributed by atoms with Crippen LogP contribution in [0.1, 0.15) is 73.2 Å². The molecule has 1 fully saturated rings. The number of carboxylic acid groups (broad SMARTS) is 1. The Kier molecular flexibility index (Phi) is 6.71. The van der Waals surface area contributed by atoms with Gasteiger partial charge in [-0.25, -0.2) is 9.78 Å². The van der Waals surface area contributed by atoms with E-state index in [1.54, 1.807) is 4.90 Å². The van der Waals surface area contributed by atoms with Crippen molar-refractivity contribution in [1.82, 2.24) is 14.5 Å². The van der Waals surface area contributed by atoms with Gasteiger partial charge in [-0.2, -0.15) is 0 Å². The number of aliphatic carboxylic acids is 1. The normalized spacial score (nSPS) is 21.6. The average molecular weight is 492 g/mol. The quantitative estimate of drug-likeness (QED) is 0.531. The molecule has 8 heteroatoms. The molecule has 1 amide bonds. The molecule has 2 aliphatic rings. The summed E-state index contributed by atoms with van der Waals surface area (Å²) in [5.74, 6) is -0.0473. The first-order valence-electron chi connectivity index (χ1n) is 12.7. The van der Waals surface area contributed by atoms with Crippen LogP contribution in [0.3, 0.4) is 0 Å². The number of ether oxygens (including phenoxy) is 1. The number of amides is 1. The van der Waals surface area contributed by atoms with E-state index in [4.69, 9.17) is 9.72 Å². The lowest BCUT2D eigenvalue weighted by Gasteiger charge is -2.30. The van der Waals surface area contributed by atoms with Crippen LogP contribution in [0.4, 0.5) is 4.79 Å².